The van der Waals surface area contributed by atoms with Crippen molar-refractivity contribution in [2.24, 2.45) is 5.73 Å². The number of para-hydroxylation sites is 1. The highest BCUT2D eigenvalue weighted by Crippen LogP contribution is 2.36. The van der Waals surface area contributed by atoms with Gasteiger partial charge in [-0.25, -0.2) is 5.48 Å². The summed E-state index contributed by atoms with van der Waals surface area (Å²) in [6.07, 6.45) is 5.80. The van der Waals surface area contributed by atoms with Crippen LogP contribution in [0.2, 0.25) is 0 Å². The van der Waals surface area contributed by atoms with Crippen LogP contribution in [0.4, 0.5) is 0 Å². The minimum Gasteiger partial charge on any atom is -0.330 e. The molecule has 9 heteroatoms. The van der Waals surface area contributed by atoms with E-state index in [1.165, 1.54) is 0 Å². The molecule has 0 unspecified atom stereocenters. The fourth-order valence-electron chi connectivity index (χ4n) is 4.19. The molecule has 3 heterocycles. The van der Waals surface area contributed by atoms with E-state index in [1.807, 2.05) is 42.7 Å². The van der Waals surface area contributed by atoms with Gasteiger partial charge in [0.2, 0.25) is 0 Å². The second-order valence-corrected chi connectivity index (χ2v) is 7.63. The first kappa shape index (κ1) is 21.9. The van der Waals surface area contributed by atoms with Crippen molar-refractivity contribution in [3.8, 4) is 22.5 Å². The van der Waals surface area contributed by atoms with Crippen molar-refractivity contribution >= 4 is 29.2 Å². The van der Waals surface area contributed by atoms with Crippen LogP contribution in [0.1, 0.15) is 28.0 Å². The Labute approximate surface area is 190 Å². The van der Waals surface area contributed by atoms with Crippen LogP contribution >= 0.6 is 12.4 Å². The number of nitrogens with two attached hydrogens (primary N) is 1. The molecule has 8 nitrogen and oxygen atoms in total. The summed E-state index contributed by atoms with van der Waals surface area (Å²) in [6, 6.07) is 12.1. The zero-order chi connectivity index (χ0) is 21.4. The third-order valence-electron chi connectivity index (χ3n) is 5.71. The molecule has 0 bridgehead atoms. The van der Waals surface area contributed by atoms with Crippen molar-refractivity contribution in [2.75, 3.05) is 6.54 Å². The van der Waals surface area contributed by atoms with Crippen LogP contribution in [0.15, 0.2) is 48.8 Å². The summed E-state index contributed by atoms with van der Waals surface area (Å²) < 4.78 is 1.65. The number of benzene rings is 1. The molecular weight excluding hydrogens is 428 g/mol. The topological polar surface area (TPSA) is 119 Å². The van der Waals surface area contributed by atoms with Crippen molar-refractivity contribution < 1.29 is 10.0 Å². The number of halogens is 1. The molecule has 0 aliphatic heterocycles. The van der Waals surface area contributed by atoms with Crippen LogP contribution in [-0.2, 0) is 19.4 Å². The zero-order valence-electron chi connectivity index (χ0n) is 17.3. The quantitative estimate of drug-likeness (QED) is 0.317. The lowest BCUT2D eigenvalue weighted by Crippen LogP contribution is -2.25. The lowest BCUT2D eigenvalue weighted by molar-refractivity contribution is 0.0693. The summed E-state index contributed by atoms with van der Waals surface area (Å²) in [5, 5.41) is 15.0. The molecule has 0 fully saturated rings. The number of pyridine rings is 2. The van der Waals surface area contributed by atoms with E-state index in [2.05, 4.69) is 16.0 Å². The molecular formula is C23H23ClN6O2. The number of carbonyl (C=O) groups excluding carboxylic acids is 1. The molecule has 0 saturated carbocycles. The number of fused-ring (bicyclic) bond motifs is 4. The van der Waals surface area contributed by atoms with Gasteiger partial charge in [0, 0.05) is 41.0 Å². The third-order valence-corrected chi connectivity index (χ3v) is 5.71. The Morgan fingerprint density at radius 2 is 2.00 bits per heavy atom. The number of aromatic nitrogens is 4. The number of nitrogens with one attached hydrogen (secondary N) is 1. The van der Waals surface area contributed by atoms with Gasteiger partial charge in [0.05, 0.1) is 16.9 Å². The van der Waals surface area contributed by atoms with Crippen molar-refractivity contribution in [1.82, 2.24) is 25.2 Å². The van der Waals surface area contributed by atoms with Crippen molar-refractivity contribution in [3.63, 3.8) is 0 Å². The summed E-state index contributed by atoms with van der Waals surface area (Å²) in [6.45, 7) is 0.998. The number of hydrogen-bond donors (Lipinski definition) is 3. The predicted octanol–water partition coefficient (Wildman–Crippen LogP) is 3.15. The number of aryl methyl sites for hydroxylation is 2. The molecule has 1 aliphatic rings. The Morgan fingerprint density at radius 1 is 1.16 bits per heavy atom. The SMILES string of the molecule is Cl.NCCCn1nc2c(c1C(=O)NO)CCc1cnc(-c3cnc4ccccc4c3)cc1-2. The maximum absolute atomic E-state index is 12.4. The summed E-state index contributed by atoms with van der Waals surface area (Å²) in [4.78, 5) is 21.6. The fourth-order valence-corrected chi connectivity index (χ4v) is 4.19. The first-order chi connectivity index (χ1) is 15.2. The van der Waals surface area contributed by atoms with E-state index in [-0.39, 0.29) is 12.4 Å². The van der Waals surface area contributed by atoms with Gasteiger partial charge in [-0.1, -0.05) is 18.2 Å². The number of hydrogen-bond acceptors (Lipinski definition) is 6. The van der Waals surface area contributed by atoms with Crippen LogP contribution < -0.4 is 11.2 Å². The lowest BCUT2D eigenvalue weighted by atomic mass is 9.89. The van der Waals surface area contributed by atoms with E-state index in [9.17, 15) is 10.0 Å². The normalized spacial score (nSPS) is 12.1. The van der Waals surface area contributed by atoms with Gasteiger partial charge >= 0.3 is 0 Å². The van der Waals surface area contributed by atoms with E-state index in [4.69, 9.17) is 10.8 Å². The molecule has 32 heavy (non-hydrogen) atoms. The largest absolute Gasteiger partial charge is 0.330 e. The molecule has 0 saturated heterocycles. The fraction of sp³-hybridized carbons (Fsp3) is 0.217. The van der Waals surface area contributed by atoms with E-state index < -0.39 is 5.91 Å². The number of rotatable bonds is 5. The van der Waals surface area contributed by atoms with Crippen molar-refractivity contribution in [2.45, 2.75) is 25.8 Å². The van der Waals surface area contributed by atoms with Gasteiger partial charge in [-0.2, -0.15) is 5.10 Å². The lowest BCUT2D eigenvalue weighted by Gasteiger charge is -2.16. The molecule has 4 aromatic rings. The first-order valence-electron chi connectivity index (χ1n) is 10.3. The van der Waals surface area contributed by atoms with Crippen molar-refractivity contribution in [1.29, 1.82) is 0 Å². The molecule has 4 N–H and O–H groups in total. The smallest absolute Gasteiger partial charge is 0.293 e. The van der Waals surface area contributed by atoms with E-state index >= 15 is 0 Å². The van der Waals surface area contributed by atoms with Gasteiger partial charge in [-0.3, -0.25) is 24.7 Å². The Balaban J connectivity index is 0.00000245. The summed E-state index contributed by atoms with van der Waals surface area (Å²) in [5.41, 5.74) is 14.1. The standard InChI is InChI=1S/C23H22N6O2.ClH/c24-8-3-9-29-22(23(30)28-31)17-7-6-15-12-26-20(11-18(15)21(17)27-29)16-10-14-4-1-2-5-19(14)25-13-16;/h1-2,4-5,10-13,31H,3,6-9,24H2,(H,28,30);1H. The van der Waals surface area contributed by atoms with Gasteiger partial charge in [-0.15, -0.1) is 12.4 Å². The molecule has 0 spiro atoms. The van der Waals surface area contributed by atoms with Gasteiger partial charge in [0.1, 0.15) is 5.69 Å². The van der Waals surface area contributed by atoms with Crippen LogP contribution in [0.3, 0.4) is 0 Å². The van der Waals surface area contributed by atoms with Crippen LogP contribution in [0.25, 0.3) is 33.4 Å². The Kier molecular flexibility index (Phi) is 6.18. The Hall–Kier alpha value is -3.33. The minimum absolute atomic E-state index is 0. The third kappa shape index (κ3) is 3.73. The molecule has 5 rings (SSSR count). The minimum atomic E-state index is -0.553. The molecule has 0 radical (unpaired) electrons. The Bertz CT molecular complexity index is 1300. The highest BCUT2D eigenvalue weighted by atomic mass is 35.5. The van der Waals surface area contributed by atoms with E-state index in [1.54, 1.807) is 10.2 Å². The number of nitrogens with zero attached hydrogens (tertiary/aromatic N) is 4. The molecule has 1 aliphatic carbocycles. The summed E-state index contributed by atoms with van der Waals surface area (Å²) in [7, 11) is 0. The molecule has 0 atom stereocenters. The summed E-state index contributed by atoms with van der Waals surface area (Å²) >= 11 is 0. The number of amides is 1. The molecule has 1 amide bonds. The maximum Gasteiger partial charge on any atom is 0.293 e. The van der Waals surface area contributed by atoms with E-state index in [0.29, 0.717) is 31.6 Å². The van der Waals surface area contributed by atoms with Crippen molar-refractivity contribution in [3.05, 3.63) is 65.6 Å². The molecule has 1 aromatic carbocycles. The molecule has 3 aromatic heterocycles. The first-order valence-corrected chi connectivity index (χ1v) is 10.3. The van der Waals surface area contributed by atoms with Crippen LogP contribution in [-0.4, -0.2) is 37.4 Å². The monoisotopic (exact) mass is 450 g/mol. The van der Waals surface area contributed by atoms with Crippen LogP contribution in [0.5, 0.6) is 0 Å². The number of hydroxylamine groups is 1. The predicted molar refractivity (Wildman–Crippen MR) is 124 cm³/mol. The maximum atomic E-state index is 12.4. The number of carbonyl (C=O) groups is 1. The average molecular weight is 451 g/mol. The van der Waals surface area contributed by atoms with E-state index in [0.717, 1.165) is 51.0 Å². The Morgan fingerprint density at radius 3 is 2.81 bits per heavy atom. The van der Waals surface area contributed by atoms with Gasteiger partial charge in [0.25, 0.3) is 5.91 Å². The zero-order valence-corrected chi connectivity index (χ0v) is 18.1. The van der Waals surface area contributed by atoms with Gasteiger partial charge < -0.3 is 5.73 Å². The van der Waals surface area contributed by atoms with Gasteiger partial charge in [-0.05, 0) is 49.6 Å². The highest BCUT2D eigenvalue weighted by Gasteiger charge is 2.28. The van der Waals surface area contributed by atoms with Gasteiger partial charge in [0.15, 0.2) is 0 Å². The average Bonchev–Trinajstić information content (AvgIpc) is 3.20. The highest BCUT2D eigenvalue weighted by molar-refractivity contribution is 5.96. The molecule has 164 valence electrons. The summed E-state index contributed by atoms with van der Waals surface area (Å²) in [5.74, 6) is -0.553. The second kappa shape index (κ2) is 9.04. The van der Waals surface area contributed by atoms with Crippen LogP contribution in [0, 0.1) is 0 Å². The second-order valence-electron chi connectivity index (χ2n) is 7.63.